The molecule has 2 N–H and O–H groups in total. The zero-order valence-electron chi connectivity index (χ0n) is 34.3. The number of aromatic nitrogens is 2. The highest BCUT2D eigenvalue weighted by atomic mass is 16.5. The van der Waals surface area contributed by atoms with Gasteiger partial charge in [-0.2, -0.15) is 0 Å². The zero-order valence-corrected chi connectivity index (χ0v) is 34.3. The van der Waals surface area contributed by atoms with E-state index in [1.54, 1.807) is 6.92 Å². The molecule has 1 aromatic heterocycles. The van der Waals surface area contributed by atoms with Crippen LogP contribution in [0, 0.1) is 6.92 Å². The summed E-state index contributed by atoms with van der Waals surface area (Å²) in [5.41, 5.74) is 3.31. The molecule has 0 amide bonds. The van der Waals surface area contributed by atoms with Crippen LogP contribution in [0.4, 0.5) is 0 Å². The van der Waals surface area contributed by atoms with Crippen molar-refractivity contribution in [2.75, 3.05) is 13.2 Å². The second-order valence-corrected chi connectivity index (χ2v) is 18.2. The summed E-state index contributed by atoms with van der Waals surface area (Å²) in [4.78, 5) is 51.5. The molecule has 0 aliphatic rings. The number of esters is 2. The van der Waals surface area contributed by atoms with Crippen molar-refractivity contribution >= 4 is 11.9 Å². The molecular formula is C43H62N2O8. The summed E-state index contributed by atoms with van der Waals surface area (Å²) >= 11 is 0. The predicted octanol–water partition coefficient (Wildman–Crippen LogP) is 7.27. The summed E-state index contributed by atoms with van der Waals surface area (Å²) < 4.78 is 13.3. The van der Waals surface area contributed by atoms with E-state index in [2.05, 4.69) is 0 Å². The number of carbonyl (C=O) groups excluding carboxylic acids is 2. The molecular weight excluding hydrogens is 672 g/mol. The number of phenols is 2. The number of ether oxygens (including phenoxy) is 2. The maximum absolute atomic E-state index is 13.3. The molecule has 0 radical (unpaired) electrons. The highest BCUT2D eigenvalue weighted by molar-refractivity contribution is 5.70. The molecule has 53 heavy (non-hydrogen) atoms. The average molecular weight is 735 g/mol. The maximum atomic E-state index is 13.3. The topological polar surface area (TPSA) is 137 Å². The fraction of sp³-hybridized carbons (Fsp3) is 0.581. The van der Waals surface area contributed by atoms with Gasteiger partial charge in [0, 0.05) is 24.6 Å². The largest absolute Gasteiger partial charge is 0.507 e. The Balaban J connectivity index is 1.60. The number of aryl methyl sites for hydroxylation is 3. The van der Waals surface area contributed by atoms with Crippen LogP contribution in [0.5, 0.6) is 11.5 Å². The zero-order chi connectivity index (χ0) is 40.3. The maximum Gasteiger partial charge on any atom is 0.331 e. The lowest BCUT2D eigenvalue weighted by atomic mass is 9.78. The number of carbonyl (C=O) groups is 2. The monoisotopic (exact) mass is 734 g/mol. The van der Waals surface area contributed by atoms with Crippen LogP contribution in [-0.2, 0) is 66.7 Å². The van der Waals surface area contributed by atoms with E-state index >= 15 is 0 Å². The second-order valence-electron chi connectivity index (χ2n) is 18.2. The van der Waals surface area contributed by atoms with E-state index in [-0.39, 0.29) is 72.3 Å². The molecule has 10 nitrogen and oxygen atoms in total. The van der Waals surface area contributed by atoms with Crippen LogP contribution in [0.2, 0.25) is 0 Å². The van der Waals surface area contributed by atoms with Crippen LogP contribution in [0.15, 0.2) is 39.9 Å². The van der Waals surface area contributed by atoms with Crippen molar-refractivity contribution in [2.24, 2.45) is 0 Å². The molecule has 0 bridgehead atoms. The van der Waals surface area contributed by atoms with Crippen molar-refractivity contribution in [3.8, 4) is 11.5 Å². The fourth-order valence-corrected chi connectivity index (χ4v) is 6.31. The van der Waals surface area contributed by atoms with Gasteiger partial charge >= 0.3 is 17.6 Å². The van der Waals surface area contributed by atoms with Gasteiger partial charge < -0.3 is 19.7 Å². The normalized spacial score (nSPS) is 12.5. The van der Waals surface area contributed by atoms with Gasteiger partial charge in [-0.05, 0) is 74.8 Å². The van der Waals surface area contributed by atoms with Crippen molar-refractivity contribution in [1.29, 1.82) is 0 Å². The van der Waals surface area contributed by atoms with E-state index in [0.29, 0.717) is 18.5 Å². The van der Waals surface area contributed by atoms with Crippen molar-refractivity contribution in [1.82, 2.24) is 9.13 Å². The SMILES string of the molecule is Cc1cc(=O)n(CCOC(=O)CCc2cc(C(C)(C)C)c(O)c(C(C)(C)C)c2)c(=O)n1CCOC(=O)CCc1cc(C(C)(C)C)c(O)c(C(C)(C)C)c1. The molecule has 0 aliphatic heterocycles. The highest BCUT2D eigenvalue weighted by Crippen LogP contribution is 2.41. The second kappa shape index (κ2) is 16.4. The van der Waals surface area contributed by atoms with Gasteiger partial charge in [0.15, 0.2) is 0 Å². The molecule has 0 aliphatic carbocycles. The lowest BCUT2D eigenvalue weighted by molar-refractivity contribution is -0.144. The minimum Gasteiger partial charge on any atom is -0.507 e. The van der Waals surface area contributed by atoms with Gasteiger partial charge in [-0.1, -0.05) is 107 Å². The Morgan fingerprint density at radius 2 is 0.887 bits per heavy atom. The van der Waals surface area contributed by atoms with E-state index in [4.69, 9.17) is 9.47 Å². The predicted molar refractivity (Wildman–Crippen MR) is 209 cm³/mol. The van der Waals surface area contributed by atoms with Gasteiger partial charge in [0.25, 0.3) is 5.56 Å². The van der Waals surface area contributed by atoms with Crippen LogP contribution < -0.4 is 11.2 Å². The third-order valence-corrected chi connectivity index (χ3v) is 9.45. The van der Waals surface area contributed by atoms with Gasteiger partial charge in [0.1, 0.15) is 24.7 Å². The highest BCUT2D eigenvalue weighted by Gasteiger charge is 2.28. The summed E-state index contributed by atoms with van der Waals surface area (Å²) in [7, 11) is 0. The Labute approximate surface area is 315 Å². The van der Waals surface area contributed by atoms with Crippen LogP contribution in [-0.4, -0.2) is 44.5 Å². The van der Waals surface area contributed by atoms with Crippen molar-refractivity contribution in [3.05, 3.63) is 90.2 Å². The first-order valence-electron chi connectivity index (χ1n) is 18.6. The molecule has 2 aromatic carbocycles. The van der Waals surface area contributed by atoms with Crippen LogP contribution in [0.1, 0.15) is 135 Å². The van der Waals surface area contributed by atoms with Gasteiger partial charge in [0.2, 0.25) is 0 Å². The molecule has 0 saturated carbocycles. The summed E-state index contributed by atoms with van der Waals surface area (Å²) in [5.74, 6) is -0.322. The summed E-state index contributed by atoms with van der Waals surface area (Å²) in [6.45, 7) is 25.8. The Morgan fingerprint density at radius 1 is 0.566 bits per heavy atom. The van der Waals surface area contributed by atoms with E-state index in [1.165, 1.54) is 10.6 Å². The Morgan fingerprint density at radius 3 is 1.21 bits per heavy atom. The number of hydrogen-bond acceptors (Lipinski definition) is 8. The van der Waals surface area contributed by atoms with Gasteiger partial charge in [0.05, 0.1) is 13.1 Å². The van der Waals surface area contributed by atoms with Crippen LogP contribution >= 0.6 is 0 Å². The minimum absolute atomic E-state index is 0.0533. The first kappa shape index (κ1) is 43.1. The molecule has 3 rings (SSSR count). The number of aromatic hydroxyl groups is 2. The number of phenolic OH excluding ortho intramolecular Hbond substituents is 2. The molecule has 10 heteroatoms. The first-order valence-corrected chi connectivity index (χ1v) is 18.6. The smallest absolute Gasteiger partial charge is 0.331 e. The molecule has 1 heterocycles. The number of hydrogen-bond donors (Lipinski definition) is 2. The van der Waals surface area contributed by atoms with Gasteiger partial charge in [-0.25, -0.2) is 4.79 Å². The molecule has 0 fully saturated rings. The minimum atomic E-state index is -0.580. The Bertz CT molecular complexity index is 1850. The van der Waals surface area contributed by atoms with Crippen LogP contribution in [0.25, 0.3) is 0 Å². The number of benzene rings is 2. The molecule has 0 saturated heterocycles. The molecule has 292 valence electrons. The molecule has 3 aromatic rings. The molecule has 0 unspecified atom stereocenters. The summed E-state index contributed by atoms with van der Waals surface area (Å²) in [6.07, 6.45) is 1.06. The Hall–Kier alpha value is -4.34. The van der Waals surface area contributed by atoms with E-state index in [0.717, 1.165) is 37.9 Å². The first-order chi connectivity index (χ1) is 24.2. The van der Waals surface area contributed by atoms with Crippen LogP contribution in [0.3, 0.4) is 0 Å². The third kappa shape index (κ3) is 11.3. The standard InChI is InChI=1S/C43H62N2O8/c1-27-22-34(46)45(19-21-53-36(48)17-15-29-25-32(42(8,9)10)38(50)33(26-29)43(11,12)13)39(51)44(27)18-20-52-35(47)16-14-28-23-30(40(2,3)4)37(49)31(24-28)41(5,6)7/h22-26,49-50H,14-21H2,1-13H3. The lowest BCUT2D eigenvalue weighted by Crippen LogP contribution is -2.42. The van der Waals surface area contributed by atoms with Crippen molar-refractivity contribution in [3.63, 3.8) is 0 Å². The van der Waals surface area contributed by atoms with Gasteiger partial charge in [-0.15, -0.1) is 0 Å². The van der Waals surface area contributed by atoms with E-state index in [9.17, 15) is 29.4 Å². The average Bonchev–Trinajstić information content (AvgIpc) is 3.00. The van der Waals surface area contributed by atoms with Crippen molar-refractivity contribution in [2.45, 2.75) is 150 Å². The quantitative estimate of drug-likeness (QED) is 0.186. The van der Waals surface area contributed by atoms with Gasteiger partial charge in [-0.3, -0.25) is 23.5 Å². The lowest BCUT2D eigenvalue weighted by Gasteiger charge is -2.28. The Kier molecular flexibility index (Phi) is 13.3. The number of nitrogens with zero attached hydrogens (tertiary/aromatic N) is 2. The van der Waals surface area contributed by atoms with E-state index < -0.39 is 23.2 Å². The fourth-order valence-electron chi connectivity index (χ4n) is 6.31. The molecule has 0 atom stereocenters. The third-order valence-electron chi connectivity index (χ3n) is 9.45. The number of rotatable bonds is 12. The molecule has 0 spiro atoms. The van der Waals surface area contributed by atoms with E-state index in [1.807, 2.05) is 107 Å². The summed E-state index contributed by atoms with van der Waals surface area (Å²) in [5, 5.41) is 22.0. The summed E-state index contributed by atoms with van der Waals surface area (Å²) in [6, 6.07) is 9.10. The van der Waals surface area contributed by atoms with Crippen molar-refractivity contribution < 1.29 is 29.3 Å².